The zero-order valence-electron chi connectivity index (χ0n) is 23.4. The number of hydrogen-bond donors (Lipinski definition) is 2. The quantitative estimate of drug-likeness (QED) is 0.470. The number of nitrogens with zero attached hydrogens (tertiary/aromatic N) is 2. The van der Waals surface area contributed by atoms with E-state index in [4.69, 9.17) is 16.3 Å². The van der Waals surface area contributed by atoms with Crippen LogP contribution in [0.15, 0.2) is 48.6 Å². The van der Waals surface area contributed by atoms with Gasteiger partial charge in [0.1, 0.15) is 5.75 Å². The average Bonchev–Trinajstić information content (AvgIpc) is 3.07. The molecule has 2 aliphatic heterocycles. The topological polar surface area (TPSA) is 99.2 Å². The van der Waals surface area contributed by atoms with E-state index in [-0.39, 0.29) is 35.9 Å². The monoisotopic (exact) mass is 599 g/mol. The molecule has 0 aromatic heterocycles. The number of carbonyl (C=O) groups excluding carboxylic acids is 1. The first-order chi connectivity index (χ1) is 19.7. The smallest absolute Gasteiger partial charge is 0.304 e. The van der Waals surface area contributed by atoms with Gasteiger partial charge in [0.2, 0.25) is 0 Å². The lowest BCUT2D eigenvalue weighted by atomic mass is 9.68. The van der Waals surface area contributed by atoms with Gasteiger partial charge in [0.25, 0.3) is 5.91 Å². The summed E-state index contributed by atoms with van der Waals surface area (Å²) < 4.78 is 36.2. The normalized spacial score (nSPS) is 30.7. The summed E-state index contributed by atoms with van der Waals surface area (Å²) in [4.78, 5) is 15.6. The average molecular weight is 600 g/mol. The zero-order chi connectivity index (χ0) is 28.8. The molecule has 1 fully saturated rings. The van der Waals surface area contributed by atoms with Crippen LogP contribution >= 0.6 is 11.6 Å². The Kier molecular flexibility index (Phi) is 7.82. The van der Waals surface area contributed by atoms with Crippen LogP contribution in [-0.4, -0.2) is 62.6 Å². The number of carbonyl (C=O) groups is 1. The van der Waals surface area contributed by atoms with Crippen LogP contribution in [0.4, 0.5) is 5.69 Å². The van der Waals surface area contributed by atoms with Crippen LogP contribution in [0.5, 0.6) is 5.75 Å². The van der Waals surface area contributed by atoms with Gasteiger partial charge in [0.15, 0.2) is 0 Å². The molecule has 1 spiro atoms. The SMILES string of the molecule is CCN1CC/C=C/C(O)[C@@H]2CC[C@H]2CN2C[C@@]3(CCCc4cc(Cl)ccc43)COc3ccc(cc32)C(=O)NS1(=O)=O. The summed E-state index contributed by atoms with van der Waals surface area (Å²) in [5.74, 6) is 0.416. The molecule has 220 valence electrons. The standard InChI is InChI=1S/C31H38ClN3O5S/c1-2-35-15-4-3-7-28(36)25-11-8-23(25)18-34-19-31(14-5-6-21-16-24(32)10-12-26(21)31)20-40-29-13-9-22(17-27(29)34)30(37)33-41(35,38)39/h3,7,9-10,12-13,16-17,23,25,28,36H,2,4-6,8,11,14-15,18-20H2,1H3,(H,33,37)/b7-3+/t23-,25+,28?,31-/m0/s1. The highest BCUT2D eigenvalue weighted by Crippen LogP contribution is 2.46. The molecular formula is C31H38ClN3O5S. The second-order valence-electron chi connectivity index (χ2n) is 11.9. The molecule has 8 nitrogen and oxygen atoms in total. The van der Waals surface area contributed by atoms with Crippen molar-refractivity contribution in [1.82, 2.24) is 9.03 Å². The largest absolute Gasteiger partial charge is 0.490 e. The molecular weight excluding hydrogens is 562 g/mol. The molecule has 2 N–H and O–H groups in total. The summed E-state index contributed by atoms with van der Waals surface area (Å²) in [5.41, 5.74) is 3.29. The van der Waals surface area contributed by atoms with Gasteiger partial charge in [0.05, 0.1) is 18.4 Å². The number of ether oxygens (including phenoxy) is 1. The third kappa shape index (κ3) is 5.49. The van der Waals surface area contributed by atoms with Crippen molar-refractivity contribution in [3.8, 4) is 5.75 Å². The minimum atomic E-state index is -4.04. The molecule has 6 rings (SSSR count). The molecule has 0 saturated heterocycles. The van der Waals surface area contributed by atoms with Gasteiger partial charge in [-0.2, -0.15) is 12.7 Å². The van der Waals surface area contributed by atoms with E-state index in [0.29, 0.717) is 31.9 Å². The van der Waals surface area contributed by atoms with Gasteiger partial charge < -0.3 is 14.7 Å². The summed E-state index contributed by atoms with van der Waals surface area (Å²) in [5, 5.41) is 11.8. The van der Waals surface area contributed by atoms with E-state index >= 15 is 0 Å². The van der Waals surface area contributed by atoms with E-state index in [1.807, 2.05) is 18.2 Å². The number of aliphatic hydroxyl groups is 1. The second kappa shape index (κ2) is 11.2. The lowest BCUT2D eigenvalue weighted by Gasteiger charge is -2.45. The van der Waals surface area contributed by atoms with E-state index in [0.717, 1.165) is 42.8 Å². The summed E-state index contributed by atoms with van der Waals surface area (Å²) in [6.45, 7) is 4.09. The van der Waals surface area contributed by atoms with Crippen LogP contribution in [0.1, 0.15) is 60.5 Å². The molecule has 1 amide bonds. The van der Waals surface area contributed by atoms with E-state index in [2.05, 4.69) is 21.8 Å². The van der Waals surface area contributed by atoms with Crippen LogP contribution in [0.25, 0.3) is 0 Å². The van der Waals surface area contributed by atoms with Gasteiger partial charge in [0, 0.05) is 42.2 Å². The fourth-order valence-electron chi connectivity index (χ4n) is 7.10. The molecule has 2 aliphatic carbocycles. The van der Waals surface area contributed by atoms with E-state index in [9.17, 15) is 18.3 Å². The van der Waals surface area contributed by atoms with Crippen molar-refractivity contribution in [3.63, 3.8) is 0 Å². The molecule has 1 unspecified atom stereocenters. The number of rotatable bonds is 1. The Morgan fingerprint density at radius 3 is 2.83 bits per heavy atom. The molecule has 2 aromatic carbocycles. The van der Waals surface area contributed by atoms with Crippen LogP contribution < -0.4 is 14.4 Å². The minimum absolute atomic E-state index is 0.123. The maximum atomic E-state index is 13.3. The van der Waals surface area contributed by atoms with E-state index < -0.39 is 22.2 Å². The van der Waals surface area contributed by atoms with Gasteiger partial charge in [-0.3, -0.25) is 4.79 Å². The molecule has 4 atom stereocenters. The molecule has 2 bridgehead atoms. The highest BCUT2D eigenvalue weighted by Gasteiger charge is 2.44. The van der Waals surface area contributed by atoms with Crippen molar-refractivity contribution < 1.29 is 23.1 Å². The molecule has 2 heterocycles. The van der Waals surface area contributed by atoms with Crippen molar-refractivity contribution >= 4 is 33.4 Å². The van der Waals surface area contributed by atoms with Gasteiger partial charge in [-0.1, -0.05) is 36.7 Å². The number of aryl methyl sites for hydroxylation is 1. The number of halogens is 1. The number of hydrogen-bond acceptors (Lipinski definition) is 6. The Hall–Kier alpha value is -2.59. The van der Waals surface area contributed by atoms with Crippen molar-refractivity contribution in [2.45, 2.75) is 57.0 Å². The first-order valence-corrected chi connectivity index (χ1v) is 16.5. The van der Waals surface area contributed by atoms with E-state index in [1.165, 1.54) is 15.4 Å². The van der Waals surface area contributed by atoms with E-state index in [1.54, 1.807) is 25.1 Å². The van der Waals surface area contributed by atoms with Crippen LogP contribution in [-0.2, 0) is 22.0 Å². The summed E-state index contributed by atoms with van der Waals surface area (Å²) >= 11 is 6.38. The minimum Gasteiger partial charge on any atom is -0.490 e. The number of amides is 1. The van der Waals surface area contributed by atoms with Crippen molar-refractivity contribution in [1.29, 1.82) is 0 Å². The molecule has 10 heteroatoms. The van der Waals surface area contributed by atoms with Gasteiger partial charge in [-0.15, -0.1) is 0 Å². The van der Waals surface area contributed by atoms with Gasteiger partial charge >= 0.3 is 10.2 Å². The van der Waals surface area contributed by atoms with Crippen LogP contribution in [0.2, 0.25) is 5.02 Å². The Bertz CT molecular complexity index is 1460. The van der Waals surface area contributed by atoms with Gasteiger partial charge in [-0.05, 0) is 91.8 Å². The predicted octanol–water partition coefficient (Wildman–Crippen LogP) is 4.46. The van der Waals surface area contributed by atoms with Crippen LogP contribution in [0.3, 0.4) is 0 Å². The number of benzene rings is 2. The summed E-state index contributed by atoms with van der Waals surface area (Å²) in [6.07, 6.45) is 8.44. The van der Waals surface area contributed by atoms with Crippen LogP contribution in [0, 0.1) is 11.8 Å². The molecule has 0 radical (unpaired) electrons. The van der Waals surface area contributed by atoms with Crippen molar-refractivity contribution in [2.24, 2.45) is 11.8 Å². The van der Waals surface area contributed by atoms with Gasteiger partial charge in [-0.25, -0.2) is 4.72 Å². The molecule has 2 aromatic rings. The highest BCUT2D eigenvalue weighted by molar-refractivity contribution is 7.87. The third-order valence-electron chi connectivity index (χ3n) is 9.46. The Morgan fingerprint density at radius 2 is 2.05 bits per heavy atom. The molecule has 41 heavy (non-hydrogen) atoms. The third-order valence-corrected chi connectivity index (χ3v) is 11.3. The molecule has 1 saturated carbocycles. The Balaban J connectivity index is 1.42. The zero-order valence-corrected chi connectivity index (χ0v) is 25.0. The Labute approximate surface area is 247 Å². The number of aliphatic hydroxyl groups excluding tert-OH is 1. The first kappa shape index (κ1) is 28.5. The first-order valence-electron chi connectivity index (χ1n) is 14.7. The fourth-order valence-corrected chi connectivity index (χ4v) is 8.46. The lowest BCUT2D eigenvalue weighted by molar-refractivity contribution is 0.0456. The Morgan fingerprint density at radius 1 is 1.20 bits per heavy atom. The highest BCUT2D eigenvalue weighted by atomic mass is 35.5. The molecule has 4 aliphatic rings. The second-order valence-corrected chi connectivity index (χ2v) is 14.0. The lowest BCUT2D eigenvalue weighted by Crippen LogP contribution is -2.49. The maximum Gasteiger partial charge on any atom is 0.304 e. The maximum absolute atomic E-state index is 13.3. The van der Waals surface area contributed by atoms with Crippen molar-refractivity contribution in [2.75, 3.05) is 37.7 Å². The van der Waals surface area contributed by atoms with Crippen molar-refractivity contribution in [3.05, 3.63) is 70.3 Å². The predicted molar refractivity (Wildman–Crippen MR) is 160 cm³/mol. The summed E-state index contributed by atoms with van der Waals surface area (Å²) in [7, 11) is -4.04. The number of anilines is 1. The summed E-state index contributed by atoms with van der Waals surface area (Å²) in [6, 6.07) is 11.3. The number of fused-ring (bicyclic) bond motifs is 4. The fraction of sp³-hybridized carbons (Fsp3) is 0.516. The number of nitrogens with one attached hydrogen (secondary N) is 1.